The molecule has 7 heteroatoms. The molecule has 2 aromatic carbocycles. The summed E-state index contributed by atoms with van der Waals surface area (Å²) in [6.45, 7) is 10.0. The number of tetrazole rings is 1. The summed E-state index contributed by atoms with van der Waals surface area (Å²) in [7, 11) is 0. The highest BCUT2D eigenvalue weighted by Crippen LogP contribution is 2.29. The van der Waals surface area contributed by atoms with Crippen molar-refractivity contribution in [3.63, 3.8) is 0 Å². The maximum atomic E-state index is 13.1. The number of aryl methyl sites for hydroxylation is 1. The molecule has 0 saturated carbocycles. The fraction of sp³-hybridized carbons (Fsp3) is 0.385. The van der Waals surface area contributed by atoms with E-state index in [4.69, 9.17) is 0 Å². The zero-order valence-electron chi connectivity index (χ0n) is 19.8. The first kappa shape index (κ1) is 22.7. The van der Waals surface area contributed by atoms with E-state index in [0.717, 1.165) is 47.3 Å². The van der Waals surface area contributed by atoms with Gasteiger partial charge in [-0.3, -0.25) is 9.13 Å². The van der Waals surface area contributed by atoms with Crippen molar-refractivity contribution in [2.24, 2.45) is 11.8 Å². The summed E-state index contributed by atoms with van der Waals surface area (Å²) < 4.78 is 3.81. The van der Waals surface area contributed by atoms with Gasteiger partial charge in [0, 0.05) is 24.0 Å². The molecule has 0 aliphatic rings. The normalized spacial score (nSPS) is 11.6. The van der Waals surface area contributed by atoms with Crippen LogP contribution in [0, 0.1) is 11.8 Å². The third-order valence-corrected chi connectivity index (χ3v) is 5.79. The number of rotatable bonds is 9. The number of nitrogens with one attached hydrogen (secondary N) is 1. The van der Waals surface area contributed by atoms with E-state index in [9.17, 15) is 4.79 Å². The zero-order chi connectivity index (χ0) is 23.4. The molecule has 4 aromatic rings. The largest absolute Gasteiger partial charge is 0.328 e. The third kappa shape index (κ3) is 5.30. The van der Waals surface area contributed by atoms with E-state index >= 15 is 0 Å². The minimum Gasteiger partial charge on any atom is -0.299 e. The molecule has 1 N–H and O–H groups in total. The second-order valence-corrected chi connectivity index (χ2v) is 9.45. The van der Waals surface area contributed by atoms with Crippen molar-refractivity contribution in [1.29, 1.82) is 0 Å². The van der Waals surface area contributed by atoms with Crippen LogP contribution in [0.15, 0.2) is 59.5 Å². The number of imidazole rings is 1. The van der Waals surface area contributed by atoms with E-state index in [2.05, 4.69) is 84.8 Å². The summed E-state index contributed by atoms with van der Waals surface area (Å²) >= 11 is 0. The standard InChI is InChI=1S/C26H32N6O/c1-18(2)9-14-22-17-31(15-19(3)4)26(33)32(22)16-20-10-12-21(13-11-20)23-7-5-6-8-24(23)25-27-29-30-28-25/h5-8,10-13,17-19H,9,14-16H2,1-4H3,(H,27,28,29,30). The molecule has 0 aliphatic heterocycles. The van der Waals surface area contributed by atoms with Crippen molar-refractivity contribution >= 4 is 0 Å². The molecule has 7 nitrogen and oxygen atoms in total. The first-order valence-corrected chi connectivity index (χ1v) is 11.6. The molecule has 4 rings (SSSR count). The quantitative estimate of drug-likeness (QED) is 0.402. The van der Waals surface area contributed by atoms with Crippen LogP contribution in [0.4, 0.5) is 0 Å². The molecule has 0 saturated heterocycles. The maximum Gasteiger partial charge on any atom is 0.328 e. The molecule has 2 heterocycles. The van der Waals surface area contributed by atoms with Crippen LogP contribution in [0.3, 0.4) is 0 Å². The Labute approximate surface area is 194 Å². The van der Waals surface area contributed by atoms with Gasteiger partial charge in [-0.2, -0.15) is 5.21 Å². The second kappa shape index (κ2) is 9.98. The van der Waals surface area contributed by atoms with Gasteiger partial charge in [0.2, 0.25) is 5.82 Å². The Morgan fingerprint density at radius 3 is 2.30 bits per heavy atom. The number of nitrogens with zero attached hydrogens (tertiary/aromatic N) is 5. The summed E-state index contributed by atoms with van der Waals surface area (Å²) in [5.74, 6) is 1.60. The molecule has 172 valence electrons. The predicted octanol–water partition coefficient (Wildman–Crippen LogP) is 4.79. The highest BCUT2D eigenvalue weighted by Gasteiger charge is 2.14. The lowest BCUT2D eigenvalue weighted by atomic mass is 9.98. The minimum absolute atomic E-state index is 0.0778. The fourth-order valence-electron chi connectivity index (χ4n) is 4.09. The first-order chi connectivity index (χ1) is 15.9. The van der Waals surface area contributed by atoms with Gasteiger partial charge >= 0.3 is 5.69 Å². The van der Waals surface area contributed by atoms with Gasteiger partial charge in [0.15, 0.2) is 0 Å². The van der Waals surface area contributed by atoms with Gasteiger partial charge in [-0.05, 0) is 46.6 Å². The van der Waals surface area contributed by atoms with E-state index in [-0.39, 0.29) is 5.69 Å². The van der Waals surface area contributed by atoms with Gasteiger partial charge in [0.1, 0.15) is 0 Å². The van der Waals surface area contributed by atoms with Crippen LogP contribution in [-0.2, 0) is 19.5 Å². The summed E-state index contributed by atoms with van der Waals surface area (Å²) in [5, 5.41) is 14.5. The van der Waals surface area contributed by atoms with Gasteiger partial charge in [-0.15, -0.1) is 10.2 Å². The van der Waals surface area contributed by atoms with Crippen molar-refractivity contribution in [1.82, 2.24) is 29.8 Å². The SMILES string of the molecule is CC(C)CCc1cn(CC(C)C)c(=O)n1Cc1ccc(-c2ccccc2-c2nn[nH]n2)cc1. The van der Waals surface area contributed by atoms with E-state index < -0.39 is 0 Å². The Morgan fingerprint density at radius 1 is 0.939 bits per heavy atom. The smallest absolute Gasteiger partial charge is 0.299 e. The van der Waals surface area contributed by atoms with Crippen molar-refractivity contribution in [3.8, 4) is 22.5 Å². The van der Waals surface area contributed by atoms with Crippen LogP contribution in [0.5, 0.6) is 0 Å². The summed E-state index contributed by atoms with van der Waals surface area (Å²) in [4.78, 5) is 13.1. The van der Waals surface area contributed by atoms with Gasteiger partial charge < -0.3 is 0 Å². The molecule has 0 spiro atoms. The van der Waals surface area contributed by atoms with Gasteiger partial charge in [-0.25, -0.2) is 4.79 Å². The number of aromatic amines is 1. The average Bonchev–Trinajstić information content (AvgIpc) is 3.43. The lowest BCUT2D eigenvalue weighted by Gasteiger charge is -2.11. The van der Waals surface area contributed by atoms with E-state index in [0.29, 0.717) is 24.2 Å². The molecule has 33 heavy (non-hydrogen) atoms. The van der Waals surface area contributed by atoms with Crippen molar-refractivity contribution < 1.29 is 0 Å². The number of aromatic nitrogens is 6. The van der Waals surface area contributed by atoms with Gasteiger partial charge in [0.25, 0.3) is 0 Å². The third-order valence-electron chi connectivity index (χ3n) is 5.79. The molecule has 0 aliphatic carbocycles. The highest BCUT2D eigenvalue weighted by molar-refractivity contribution is 5.80. The predicted molar refractivity (Wildman–Crippen MR) is 131 cm³/mol. The maximum absolute atomic E-state index is 13.1. The molecule has 0 fully saturated rings. The van der Waals surface area contributed by atoms with Crippen LogP contribution in [0.2, 0.25) is 0 Å². The summed E-state index contributed by atoms with van der Waals surface area (Å²) in [5.41, 5.74) is 5.34. The molecule has 0 atom stereocenters. The lowest BCUT2D eigenvalue weighted by Crippen LogP contribution is -2.26. The number of H-pyrrole nitrogens is 1. The van der Waals surface area contributed by atoms with Gasteiger partial charge in [-0.1, -0.05) is 76.2 Å². The molecule has 0 bridgehead atoms. The molecular weight excluding hydrogens is 412 g/mol. The zero-order valence-corrected chi connectivity index (χ0v) is 19.8. The topological polar surface area (TPSA) is 81.4 Å². The van der Waals surface area contributed by atoms with Crippen LogP contribution >= 0.6 is 0 Å². The van der Waals surface area contributed by atoms with Crippen molar-refractivity contribution in [2.75, 3.05) is 0 Å². The van der Waals surface area contributed by atoms with E-state index in [1.54, 1.807) is 0 Å². The Balaban J connectivity index is 1.61. The van der Waals surface area contributed by atoms with Crippen LogP contribution < -0.4 is 5.69 Å². The first-order valence-electron chi connectivity index (χ1n) is 11.6. The van der Waals surface area contributed by atoms with Crippen molar-refractivity contribution in [3.05, 3.63) is 76.5 Å². The summed E-state index contributed by atoms with van der Waals surface area (Å²) in [6, 6.07) is 16.4. The Morgan fingerprint density at radius 2 is 1.67 bits per heavy atom. The Kier molecular flexibility index (Phi) is 6.87. The molecule has 0 radical (unpaired) electrons. The molecular formula is C26H32N6O. The Hall–Kier alpha value is -3.48. The van der Waals surface area contributed by atoms with Crippen LogP contribution in [0.1, 0.15) is 45.4 Å². The lowest BCUT2D eigenvalue weighted by molar-refractivity contribution is 0.503. The molecule has 2 aromatic heterocycles. The monoisotopic (exact) mass is 444 g/mol. The summed E-state index contributed by atoms with van der Waals surface area (Å²) in [6.07, 6.45) is 4.03. The number of hydrogen-bond acceptors (Lipinski definition) is 4. The number of benzene rings is 2. The highest BCUT2D eigenvalue weighted by atomic mass is 16.1. The van der Waals surface area contributed by atoms with E-state index in [1.807, 2.05) is 27.3 Å². The van der Waals surface area contributed by atoms with E-state index in [1.165, 1.54) is 0 Å². The van der Waals surface area contributed by atoms with Crippen molar-refractivity contribution in [2.45, 2.75) is 53.6 Å². The van der Waals surface area contributed by atoms with Crippen LogP contribution in [-0.4, -0.2) is 29.8 Å². The number of hydrogen-bond donors (Lipinski definition) is 1. The van der Waals surface area contributed by atoms with Gasteiger partial charge in [0.05, 0.1) is 6.54 Å². The van der Waals surface area contributed by atoms with Crippen LogP contribution in [0.25, 0.3) is 22.5 Å². The second-order valence-electron chi connectivity index (χ2n) is 9.45. The Bertz CT molecular complexity index is 1230. The molecule has 0 unspecified atom stereocenters. The minimum atomic E-state index is 0.0778. The fourth-order valence-corrected chi connectivity index (χ4v) is 4.09. The molecule has 0 amide bonds. The average molecular weight is 445 g/mol.